The van der Waals surface area contributed by atoms with Crippen LogP contribution in [0.15, 0.2) is 70.7 Å². The van der Waals surface area contributed by atoms with Gasteiger partial charge in [0.1, 0.15) is 17.4 Å². The topological polar surface area (TPSA) is 110 Å². The molecule has 0 unspecified atom stereocenters. The van der Waals surface area contributed by atoms with Gasteiger partial charge in [0.05, 0.1) is 23.9 Å². The second-order valence-corrected chi connectivity index (χ2v) is 8.72. The van der Waals surface area contributed by atoms with Gasteiger partial charge in [0, 0.05) is 10.7 Å². The molecule has 10 heteroatoms. The average Bonchev–Trinajstić information content (AvgIpc) is 2.88. The Bertz CT molecular complexity index is 1350. The second kappa shape index (κ2) is 13.3. The van der Waals surface area contributed by atoms with Crippen LogP contribution in [0, 0.1) is 11.3 Å². The number of nitrogens with zero attached hydrogens (tertiary/aromatic N) is 1. The minimum atomic E-state index is -0.577. The van der Waals surface area contributed by atoms with Crippen molar-refractivity contribution in [3.63, 3.8) is 0 Å². The maximum atomic E-state index is 12.6. The first-order chi connectivity index (χ1) is 17.8. The summed E-state index contributed by atoms with van der Waals surface area (Å²) in [5.41, 5.74) is 1.42. The average molecular weight is 585 g/mol. The zero-order valence-corrected chi connectivity index (χ0v) is 22.4. The minimum Gasteiger partial charge on any atom is -0.495 e. The third-order valence-corrected chi connectivity index (χ3v) is 5.68. The number of benzene rings is 3. The summed E-state index contributed by atoms with van der Waals surface area (Å²) in [6, 6.07) is 18.7. The number of amides is 2. The summed E-state index contributed by atoms with van der Waals surface area (Å²) in [5, 5.41) is 15.5. The van der Waals surface area contributed by atoms with Gasteiger partial charge in [-0.2, -0.15) is 5.26 Å². The molecule has 37 heavy (non-hydrogen) atoms. The molecule has 0 bridgehead atoms. The first-order valence-electron chi connectivity index (χ1n) is 11.0. The Morgan fingerprint density at radius 2 is 1.78 bits per heavy atom. The van der Waals surface area contributed by atoms with E-state index >= 15 is 0 Å². The number of para-hydroxylation sites is 2. The molecule has 8 nitrogen and oxygen atoms in total. The van der Waals surface area contributed by atoms with Crippen molar-refractivity contribution >= 4 is 56.8 Å². The van der Waals surface area contributed by atoms with E-state index in [9.17, 15) is 14.9 Å². The van der Waals surface area contributed by atoms with Gasteiger partial charge < -0.3 is 24.8 Å². The normalized spacial score (nSPS) is 10.7. The highest BCUT2D eigenvalue weighted by Gasteiger charge is 2.16. The number of carbonyl (C=O) groups is 2. The molecule has 3 aromatic rings. The number of halogens is 2. The SMILES string of the molecule is CCOc1cc(/C=C(/C#N)C(=O)Nc2ccc(Cl)cc2)cc(Br)c1OCC(=O)Nc1ccccc1OC. The van der Waals surface area contributed by atoms with Crippen molar-refractivity contribution in [3.8, 4) is 23.3 Å². The van der Waals surface area contributed by atoms with Gasteiger partial charge >= 0.3 is 0 Å². The van der Waals surface area contributed by atoms with Gasteiger partial charge in [0.2, 0.25) is 0 Å². The number of hydrogen-bond donors (Lipinski definition) is 2. The van der Waals surface area contributed by atoms with E-state index in [0.717, 1.165) is 0 Å². The first kappa shape index (κ1) is 27.6. The maximum Gasteiger partial charge on any atom is 0.266 e. The summed E-state index contributed by atoms with van der Waals surface area (Å²) in [5.74, 6) is 0.194. The van der Waals surface area contributed by atoms with Crippen LogP contribution in [-0.2, 0) is 9.59 Å². The highest BCUT2D eigenvalue weighted by Crippen LogP contribution is 2.37. The van der Waals surface area contributed by atoms with E-state index in [0.29, 0.717) is 50.3 Å². The van der Waals surface area contributed by atoms with Crippen molar-refractivity contribution in [2.75, 3.05) is 31.0 Å². The predicted molar refractivity (Wildman–Crippen MR) is 146 cm³/mol. The van der Waals surface area contributed by atoms with E-state index < -0.39 is 11.8 Å². The van der Waals surface area contributed by atoms with E-state index in [1.165, 1.54) is 13.2 Å². The zero-order valence-electron chi connectivity index (χ0n) is 20.0. The van der Waals surface area contributed by atoms with Gasteiger partial charge in [-0.1, -0.05) is 23.7 Å². The standard InChI is InChI=1S/C27H23BrClN3O5/c1-3-36-24-14-17(12-18(15-30)27(34)31-20-10-8-19(29)9-11-20)13-21(28)26(24)37-16-25(33)32-22-6-4-5-7-23(22)35-2/h4-14H,3,16H2,1-2H3,(H,31,34)(H,32,33)/b18-12-. The lowest BCUT2D eigenvalue weighted by Crippen LogP contribution is -2.21. The van der Waals surface area contributed by atoms with Crippen LogP contribution >= 0.6 is 27.5 Å². The second-order valence-electron chi connectivity index (χ2n) is 7.43. The smallest absolute Gasteiger partial charge is 0.266 e. The molecule has 0 aromatic heterocycles. The van der Waals surface area contributed by atoms with E-state index in [1.54, 1.807) is 67.6 Å². The molecule has 0 saturated heterocycles. The Hall–Kier alpha value is -4.00. The summed E-state index contributed by atoms with van der Waals surface area (Å²) in [6.07, 6.45) is 1.43. The van der Waals surface area contributed by atoms with Crippen molar-refractivity contribution in [1.82, 2.24) is 0 Å². The maximum absolute atomic E-state index is 12.6. The summed E-state index contributed by atoms with van der Waals surface area (Å²) < 4.78 is 17.2. The Balaban J connectivity index is 1.77. The fourth-order valence-electron chi connectivity index (χ4n) is 3.19. The van der Waals surface area contributed by atoms with Crippen molar-refractivity contribution in [3.05, 3.63) is 81.3 Å². The van der Waals surface area contributed by atoms with Crippen molar-refractivity contribution in [1.29, 1.82) is 5.26 Å². The molecule has 0 radical (unpaired) electrons. The summed E-state index contributed by atoms with van der Waals surface area (Å²) in [6.45, 7) is 1.83. The van der Waals surface area contributed by atoms with Gasteiger partial charge in [-0.05, 0) is 83.0 Å². The van der Waals surface area contributed by atoms with Gasteiger partial charge in [-0.3, -0.25) is 9.59 Å². The lowest BCUT2D eigenvalue weighted by molar-refractivity contribution is -0.118. The van der Waals surface area contributed by atoms with Gasteiger partial charge in [-0.15, -0.1) is 0 Å². The number of anilines is 2. The van der Waals surface area contributed by atoms with E-state index in [4.69, 9.17) is 25.8 Å². The minimum absolute atomic E-state index is 0.117. The molecule has 0 aliphatic rings. The van der Waals surface area contributed by atoms with E-state index in [2.05, 4.69) is 26.6 Å². The fourth-order valence-corrected chi connectivity index (χ4v) is 3.89. The quantitative estimate of drug-likeness (QED) is 0.221. The highest BCUT2D eigenvalue weighted by molar-refractivity contribution is 9.10. The van der Waals surface area contributed by atoms with Crippen LogP contribution in [0.4, 0.5) is 11.4 Å². The molecule has 0 aliphatic carbocycles. The van der Waals surface area contributed by atoms with Crippen LogP contribution in [0.5, 0.6) is 17.2 Å². The van der Waals surface area contributed by atoms with Crippen LogP contribution < -0.4 is 24.8 Å². The van der Waals surface area contributed by atoms with E-state index in [1.807, 2.05) is 6.07 Å². The molecule has 2 amide bonds. The molecule has 0 atom stereocenters. The summed E-state index contributed by atoms with van der Waals surface area (Å²) in [7, 11) is 1.52. The Morgan fingerprint density at radius 3 is 2.46 bits per heavy atom. The van der Waals surface area contributed by atoms with Gasteiger partial charge in [0.25, 0.3) is 11.8 Å². The number of nitriles is 1. The summed E-state index contributed by atoms with van der Waals surface area (Å²) >= 11 is 9.31. The van der Waals surface area contributed by atoms with E-state index in [-0.39, 0.29) is 12.2 Å². The number of carbonyl (C=O) groups excluding carboxylic acids is 2. The van der Waals surface area contributed by atoms with Gasteiger partial charge in [0.15, 0.2) is 18.1 Å². The molecule has 3 aromatic carbocycles. The zero-order chi connectivity index (χ0) is 26.8. The predicted octanol–water partition coefficient (Wildman–Crippen LogP) is 6.07. The molecule has 0 saturated carbocycles. The van der Waals surface area contributed by atoms with Gasteiger partial charge in [-0.25, -0.2) is 0 Å². The number of ether oxygens (including phenoxy) is 3. The van der Waals surface area contributed by atoms with Crippen LogP contribution in [0.3, 0.4) is 0 Å². The first-order valence-corrected chi connectivity index (χ1v) is 12.2. The molecular formula is C27H23BrClN3O5. The molecule has 190 valence electrons. The van der Waals surface area contributed by atoms with Crippen molar-refractivity contribution < 1.29 is 23.8 Å². The largest absolute Gasteiger partial charge is 0.495 e. The molecular weight excluding hydrogens is 562 g/mol. The Morgan fingerprint density at radius 1 is 1.05 bits per heavy atom. The monoisotopic (exact) mass is 583 g/mol. The molecule has 0 spiro atoms. The Labute approximate surface area is 227 Å². The van der Waals surface area contributed by atoms with Crippen LogP contribution in [-0.4, -0.2) is 32.1 Å². The fraction of sp³-hybridized carbons (Fsp3) is 0.148. The lowest BCUT2D eigenvalue weighted by atomic mass is 10.1. The molecule has 0 fully saturated rings. The molecule has 2 N–H and O–H groups in total. The molecule has 0 aliphatic heterocycles. The molecule has 0 heterocycles. The number of nitrogens with one attached hydrogen (secondary N) is 2. The third kappa shape index (κ3) is 7.74. The third-order valence-electron chi connectivity index (χ3n) is 4.84. The van der Waals surface area contributed by atoms with Crippen molar-refractivity contribution in [2.45, 2.75) is 6.92 Å². The van der Waals surface area contributed by atoms with Crippen LogP contribution in [0.2, 0.25) is 5.02 Å². The molecule has 3 rings (SSSR count). The lowest BCUT2D eigenvalue weighted by Gasteiger charge is -2.15. The van der Waals surface area contributed by atoms with Crippen molar-refractivity contribution in [2.24, 2.45) is 0 Å². The Kier molecular flexibility index (Phi) is 9.95. The summed E-state index contributed by atoms with van der Waals surface area (Å²) in [4.78, 5) is 25.1. The number of hydrogen-bond acceptors (Lipinski definition) is 6. The number of methoxy groups -OCH3 is 1. The van der Waals surface area contributed by atoms with Crippen LogP contribution in [0.1, 0.15) is 12.5 Å². The number of rotatable bonds is 10. The van der Waals surface area contributed by atoms with Crippen LogP contribution in [0.25, 0.3) is 6.08 Å². The highest BCUT2D eigenvalue weighted by atomic mass is 79.9.